The highest BCUT2D eigenvalue weighted by Gasteiger charge is 2.29. The monoisotopic (exact) mass is 364 g/mol. The molecular formula is C23H28N2O2. The van der Waals surface area contributed by atoms with E-state index in [0.29, 0.717) is 11.3 Å². The van der Waals surface area contributed by atoms with Gasteiger partial charge in [0.2, 0.25) is 0 Å². The van der Waals surface area contributed by atoms with Crippen LogP contribution in [0.1, 0.15) is 55.8 Å². The predicted octanol–water partition coefficient (Wildman–Crippen LogP) is 4.80. The first kappa shape index (κ1) is 18.1. The van der Waals surface area contributed by atoms with Gasteiger partial charge in [-0.3, -0.25) is 4.98 Å². The van der Waals surface area contributed by atoms with Crippen molar-refractivity contribution in [1.29, 1.82) is 0 Å². The zero-order valence-electron chi connectivity index (χ0n) is 16.5. The fraction of sp³-hybridized carbons (Fsp3) is 0.435. The van der Waals surface area contributed by atoms with Gasteiger partial charge in [0.05, 0.1) is 23.8 Å². The van der Waals surface area contributed by atoms with Gasteiger partial charge < -0.3 is 14.8 Å². The van der Waals surface area contributed by atoms with Crippen molar-refractivity contribution in [3.63, 3.8) is 0 Å². The molecule has 0 radical (unpaired) electrons. The smallest absolute Gasteiger partial charge is 0.119 e. The second-order valence-electron chi connectivity index (χ2n) is 8.74. The van der Waals surface area contributed by atoms with E-state index in [0.717, 1.165) is 40.9 Å². The molecule has 1 aliphatic carbocycles. The molecule has 4 nitrogen and oxygen atoms in total. The van der Waals surface area contributed by atoms with Crippen molar-refractivity contribution in [2.24, 2.45) is 11.3 Å². The standard InChI is InChI=1S/C23H28N2O2/c1-23(2,3)16-8-9-18-15(10-16)12-19-20(24-18)13-21(25-19)22(26)14-6-5-7-17(11-14)27-4/h5-7,11-13,16,22,25-26H,8-10H2,1-4H3. The van der Waals surface area contributed by atoms with Crippen LogP contribution in [0.2, 0.25) is 0 Å². The Labute approximate surface area is 160 Å². The van der Waals surface area contributed by atoms with Gasteiger partial charge in [0.25, 0.3) is 0 Å². The molecule has 0 saturated carbocycles. The highest BCUT2D eigenvalue weighted by Crippen LogP contribution is 2.38. The number of methoxy groups -OCH3 is 1. The zero-order valence-corrected chi connectivity index (χ0v) is 16.5. The van der Waals surface area contributed by atoms with Gasteiger partial charge in [0, 0.05) is 5.69 Å². The summed E-state index contributed by atoms with van der Waals surface area (Å²) in [4.78, 5) is 8.28. The van der Waals surface area contributed by atoms with Crippen molar-refractivity contribution >= 4 is 11.0 Å². The van der Waals surface area contributed by atoms with Gasteiger partial charge in [-0.05, 0) is 66.0 Å². The first-order chi connectivity index (χ1) is 12.8. The van der Waals surface area contributed by atoms with E-state index in [4.69, 9.17) is 9.72 Å². The van der Waals surface area contributed by atoms with Gasteiger partial charge in [-0.25, -0.2) is 0 Å². The minimum absolute atomic E-state index is 0.316. The Bertz CT molecular complexity index is 968. The molecule has 2 unspecified atom stereocenters. The molecule has 0 spiro atoms. The second kappa shape index (κ2) is 6.68. The van der Waals surface area contributed by atoms with Gasteiger partial charge in [-0.2, -0.15) is 0 Å². The van der Waals surface area contributed by atoms with E-state index in [1.54, 1.807) is 7.11 Å². The molecule has 2 aromatic heterocycles. The maximum atomic E-state index is 10.8. The van der Waals surface area contributed by atoms with Crippen LogP contribution in [0.3, 0.4) is 0 Å². The number of pyridine rings is 1. The van der Waals surface area contributed by atoms with E-state index >= 15 is 0 Å². The van der Waals surface area contributed by atoms with Crippen LogP contribution in [0, 0.1) is 11.3 Å². The molecular weight excluding hydrogens is 336 g/mol. The number of hydrogen-bond acceptors (Lipinski definition) is 3. The predicted molar refractivity (Wildman–Crippen MR) is 108 cm³/mol. The molecule has 3 aromatic rings. The van der Waals surface area contributed by atoms with Crippen molar-refractivity contribution in [3.8, 4) is 5.75 Å². The molecule has 2 atom stereocenters. The maximum absolute atomic E-state index is 10.8. The molecule has 0 aliphatic heterocycles. The van der Waals surface area contributed by atoms with Crippen molar-refractivity contribution in [2.75, 3.05) is 7.11 Å². The minimum Gasteiger partial charge on any atom is -0.497 e. The highest BCUT2D eigenvalue weighted by atomic mass is 16.5. The van der Waals surface area contributed by atoms with Crippen LogP contribution >= 0.6 is 0 Å². The summed E-state index contributed by atoms with van der Waals surface area (Å²) < 4.78 is 5.27. The number of aromatic amines is 1. The van der Waals surface area contributed by atoms with Gasteiger partial charge in [0.15, 0.2) is 0 Å². The summed E-state index contributed by atoms with van der Waals surface area (Å²) >= 11 is 0. The van der Waals surface area contributed by atoms with E-state index < -0.39 is 6.10 Å². The largest absolute Gasteiger partial charge is 0.497 e. The summed E-state index contributed by atoms with van der Waals surface area (Å²) in [6.07, 6.45) is 2.58. The van der Waals surface area contributed by atoms with Crippen LogP contribution in [0.4, 0.5) is 0 Å². The Morgan fingerprint density at radius 3 is 2.78 bits per heavy atom. The molecule has 2 N–H and O–H groups in total. The van der Waals surface area contributed by atoms with E-state index in [-0.39, 0.29) is 0 Å². The number of aliphatic hydroxyl groups excluding tert-OH is 1. The number of hydrogen-bond donors (Lipinski definition) is 2. The van der Waals surface area contributed by atoms with Crippen LogP contribution in [-0.4, -0.2) is 22.2 Å². The van der Waals surface area contributed by atoms with Gasteiger partial charge in [-0.1, -0.05) is 32.9 Å². The molecule has 1 aromatic carbocycles. The number of nitrogens with zero attached hydrogens (tertiary/aromatic N) is 1. The van der Waals surface area contributed by atoms with Crippen LogP contribution in [0.15, 0.2) is 36.4 Å². The Morgan fingerprint density at radius 2 is 2.04 bits per heavy atom. The molecule has 0 saturated heterocycles. The number of aliphatic hydroxyl groups is 1. The Morgan fingerprint density at radius 1 is 1.22 bits per heavy atom. The lowest BCUT2D eigenvalue weighted by Crippen LogP contribution is -2.27. The summed E-state index contributed by atoms with van der Waals surface area (Å²) in [5.74, 6) is 1.42. The fourth-order valence-electron chi connectivity index (χ4n) is 4.11. The van der Waals surface area contributed by atoms with Gasteiger partial charge in [-0.15, -0.1) is 0 Å². The number of aromatic nitrogens is 2. The van der Waals surface area contributed by atoms with E-state index in [9.17, 15) is 5.11 Å². The average Bonchev–Trinajstić information content (AvgIpc) is 3.07. The molecule has 0 fully saturated rings. The number of nitrogens with one attached hydrogen (secondary N) is 1. The zero-order chi connectivity index (χ0) is 19.2. The second-order valence-corrected chi connectivity index (χ2v) is 8.74. The number of fused-ring (bicyclic) bond motifs is 2. The minimum atomic E-state index is -0.728. The third-order valence-corrected chi connectivity index (χ3v) is 5.92. The van der Waals surface area contributed by atoms with Crippen molar-refractivity contribution in [1.82, 2.24) is 9.97 Å². The number of aryl methyl sites for hydroxylation is 1. The molecule has 142 valence electrons. The number of benzene rings is 1. The number of rotatable bonds is 3. The van der Waals surface area contributed by atoms with Crippen LogP contribution in [0.5, 0.6) is 5.75 Å². The quantitative estimate of drug-likeness (QED) is 0.701. The number of H-pyrrole nitrogens is 1. The topological polar surface area (TPSA) is 58.1 Å². The summed E-state index contributed by atoms with van der Waals surface area (Å²) in [6, 6.07) is 11.7. The van der Waals surface area contributed by atoms with Crippen LogP contribution < -0.4 is 4.74 Å². The first-order valence-electron chi connectivity index (χ1n) is 9.68. The van der Waals surface area contributed by atoms with Crippen molar-refractivity contribution < 1.29 is 9.84 Å². The molecule has 4 rings (SSSR count). The lowest BCUT2D eigenvalue weighted by Gasteiger charge is -2.34. The van der Waals surface area contributed by atoms with E-state index in [2.05, 4.69) is 31.8 Å². The highest BCUT2D eigenvalue weighted by molar-refractivity contribution is 5.77. The SMILES string of the molecule is COc1cccc(C(O)c2cc3nc4c(cc3[nH]2)CC(C(C)(C)C)CC4)c1. The van der Waals surface area contributed by atoms with Gasteiger partial charge >= 0.3 is 0 Å². The fourth-order valence-corrected chi connectivity index (χ4v) is 4.11. The molecule has 1 aliphatic rings. The lowest BCUT2D eigenvalue weighted by atomic mass is 9.71. The van der Waals surface area contributed by atoms with E-state index in [1.807, 2.05) is 30.3 Å². The normalized spacial score (nSPS) is 18.3. The molecule has 27 heavy (non-hydrogen) atoms. The third kappa shape index (κ3) is 3.46. The molecule has 2 heterocycles. The third-order valence-electron chi connectivity index (χ3n) is 5.92. The van der Waals surface area contributed by atoms with Gasteiger partial charge in [0.1, 0.15) is 11.9 Å². The molecule has 0 amide bonds. The Balaban J connectivity index is 1.67. The van der Waals surface area contributed by atoms with Crippen LogP contribution in [-0.2, 0) is 12.8 Å². The van der Waals surface area contributed by atoms with E-state index in [1.165, 1.54) is 17.7 Å². The van der Waals surface area contributed by atoms with Crippen LogP contribution in [0.25, 0.3) is 11.0 Å². The Hall–Kier alpha value is -2.33. The summed E-state index contributed by atoms with van der Waals surface area (Å²) in [5, 5.41) is 10.8. The van der Waals surface area contributed by atoms with Crippen molar-refractivity contribution in [3.05, 3.63) is 58.9 Å². The van der Waals surface area contributed by atoms with Crippen molar-refractivity contribution in [2.45, 2.75) is 46.1 Å². The first-order valence-corrected chi connectivity index (χ1v) is 9.68. The number of ether oxygens (including phenoxy) is 1. The Kier molecular flexibility index (Phi) is 4.47. The maximum Gasteiger partial charge on any atom is 0.119 e. The molecule has 4 heteroatoms. The summed E-state index contributed by atoms with van der Waals surface area (Å²) in [6.45, 7) is 6.98. The average molecular weight is 364 g/mol. The summed E-state index contributed by atoms with van der Waals surface area (Å²) in [5.41, 5.74) is 6.37. The summed E-state index contributed by atoms with van der Waals surface area (Å²) in [7, 11) is 1.63. The lowest BCUT2D eigenvalue weighted by molar-refractivity contribution is 0.215. The molecule has 0 bridgehead atoms.